The monoisotopic (exact) mass is 1720 g/mol. The lowest BCUT2D eigenvalue weighted by Crippen LogP contribution is -1.94. The van der Waals surface area contributed by atoms with Crippen molar-refractivity contribution < 1.29 is 0 Å². The molecule has 4 nitrogen and oxygen atoms in total. The van der Waals surface area contributed by atoms with E-state index in [4.69, 9.17) is 0 Å². The van der Waals surface area contributed by atoms with Crippen LogP contribution in [0.25, 0.3) is 284 Å². The largest absolute Gasteiger partial charge is 0.309 e. The van der Waals surface area contributed by atoms with E-state index in [1.54, 1.807) is 0 Å². The Morgan fingerprint density at radius 2 is 0.368 bits per heavy atom. The van der Waals surface area contributed by atoms with Crippen LogP contribution in [0.15, 0.2) is 485 Å². The first-order valence-electron chi connectivity index (χ1n) is 47.2. The Kier molecular flexibility index (Phi) is 16.6. The van der Waals surface area contributed by atoms with Crippen molar-refractivity contribution in [3.63, 3.8) is 0 Å². The van der Waals surface area contributed by atoms with Crippen molar-refractivity contribution in [3.05, 3.63) is 485 Å². The third kappa shape index (κ3) is 11.2. The van der Waals surface area contributed by atoms with Crippen LogP contribution < -0.4 is 0 Å². The van der Waals surface area contributed by atoms with Gasteiger partial charge in [-0.1, -0.05) is 352 Å². The predicted octanol–water partition coefficient (Wildman–Crippen LogP) is 36.2. The first kappa shape index (κ1) is 75.8. The molecule has 0 atom stereocenters. The summed E-state index contributed by atoms with van der Waals surface area (Å²) in [4.78, 5) is 0. The maximum Gasteiger partial charge on any atom is 0.0547 e. The van der Waals surface area contributed by atoms with Crippen LogP contribution in [0.3, 0.4) is 0 Å². The number of benzene rings is 26. The van der Waals surface area contributed by atoms with Crippen molar-refractivity contribution in [3.8, 4) is 89.5 Å². The minimum Gasteiger partial charge on any atom is -0.309 e. The van der Waals surface area contributed by atoms with E-state index in [0.29, 0.717) is 0 Å². The topological polar surface area (TPSA) is 19.7 Å². The van der Waals surface area contributed by atoms with Crippen molar-refractivity contribution >= 4 is 195 Å². The fourth-order valence-electron chi connectivity index (χ4n) is 24.0. The van der Waals surface area contributed by atoms with Crippen LogP contribution in [0.1, 0.15) is 0 Å². The Labute approximate surface area is 782 Å². The fourth-order valence-corrected chi connectivity index (χ4v) is 24.0. The lowest BCUT2D eigenvalue weighted by molar-refractivity contribution is 1.18. The number of para-hydroxylation sites is 8. The van der Waals surface area contributed by atoms with Crippen molar-refractivity contribution in [2.45, 2.75) is 0 Å². The van der Waals surface area contributed by atoms with Gasteiger partial charge in [0, 0.05) is 65.8 Å². The molecule has 26 aromatic carbocycles. The summed E-state index contributed by atoms with van der Waals surface area (Å²) in [6.07, 6.45) is 0. The summed E-state index contributed by atoms with van der Waals surface area (Å²) in [6, 6.07) is 181. The smallest absolute Gasteiger partial charge is 0.0547 e. The average Bonchev–Trinajstić information content (AvgIpc) is 0.770. The van der Waals surface area contributed by atoms with Crippen LogP contribution in [0.5, 0.6) is 0 Å². The van der Waals surface area contributed by atoms with E-state index in [1.807, 2.05) is 0 Å². The minimum atomic E-state index is 1.16. The average molecular weight is 1720 g/mol. The van der Waals surface area contributed by atoms with Gasteiger partial charge in [-0.2, -0.15) is 0 Å². The van der Waals surface area contributed by atoms with E-state index in [9.17, 15) is 0 Å². The van der Waals surface area contributed by atoms with Crippen LogP contribution in [-0.2, 0) is 0 Å². The molecule has 4 aromatic heterocycles. The Balaban J connectivity index is 0.000000132. The molecule has 0 spiro atoms. The number of fused-ring (bicyclic) bond motifs is 16. The Morgan fingerprint density at radius 1 is 0.110 bits per heavy atom. The van der Waals surface area contributed by atoms with Gasteiger partial charge in [-0.3, -0.25) is 0 Å². The molecule has 628 valence electrons. The standard InChI is InChI=1S/2C66H40N2/c1-3-20-44(21-4-1)67-58-33-9-7-24-53(58)65-48(31-15-35-60(65)67)46-26-13-29-50-55(46)40-56-47(49-32-16-36-61-66(49)54-25-8-10-34-59(54)68(61)45-22-5-2-6-23-45)27-14-30-51(56)64(50)57-39-43-19-11-17-41-37-38-42-18-12-28-52(57)63(42)62(41)43;1-3-18-46(19-4-1)67-60-29-9-7-22-50(60)57-37-43(33-35-62(57)67)48-24-13-27-52-55(48)40-56-49(44-34-36-63-58(38-44)51-23-8-10-30-61(51)68(63)47-20-5-2-6-21-47)25-14-28-53(56)66(52)59-39-45-17-11-15-41-31-32-42-16-12-26-54(59)65(42)64(41)45/h2*1-40H. The predicted molar refractivity (Wildman–Crippen MR) is 580 cm³/mol. The molecule has 0 fully saturated rings. The van der Waals surface area contributed by atoms with Gasteiger partial charge in [-0.05, 0) is 308 Å². The van der Waals surface area contributed by atoms with Gasteiger partial charge < -0.3 is 18.3 Å². The summed E-state index contributed by atoms with van der Waals surface area (Å²) in [5.41, 5.74) is 29.0. The molecule has 0 N–H and O–H groups in total. The summed E-state index contributed by atoms with van der Waals surface area (Å²) >= 11 is 0. The third-order valence-corrected chi connectivity index (χ3v) is 29.6. The number of aromatic nitrogens is 4. The van der Waals surface area contributed by atoms with Gasteiger partial charge >= 0.3 is 0 Å². The molecule has 0 amide bonds. The Morgan fingerprint density at radius 3 is 0.750 bits per heavy atom. The molecule has 0 saturated heterocycles. The molecule has 30 aromatic rings. The summed E-state index contributed by atoms with van der Waals surface area (Å²) in [6.45, 7) is 0. The molecule has 0 aliphatic rings. The molecule has 0 aliphatic heterocycles. The van der Waals surface area contributed by atoms with Gasteiger partial charge in [-0.25, -0.2) is 0 Å². The highest BCUT2D eigenvalue weighted by Crippen LogP contribution is 2.54. The maximum atomic E-state index is 2.52. The molecular weight excluding hydrogens is 1640 g/mol. The summed E-state index contributed by atoms with van der Waals surface area (Å²) < 4.78 is 9.66. The number of hydrogen-bond donors (Lipinski definition) is 0. The van der Waals surface area contributed by atoms with Gasteiger partial charge in [0.25, 0.3) is 0 Å². The zero-order valence-electron chi connectivity index (χ0n) is 74.0. The first-order chi connectivity index (χ1) is 67.5. The van der Waals surface area contributed by atoms with Gasteiger partial charge in [0.15, 0.2) is 0 Å². The van der Waals surface area contributed by atoms with Gasteiger partial charge in [0.2, 0.25) is 0 Å². The van der Waals surface area contributed by atoms with Crippen LogP contribution in [0, 0.1) is 0 Å². The molecule has 4 heterocycles. The molecular formula is C132H80N4. The highest BCUT2D eigenvalue weighted by atomic mass is 15.0. The lowest BCUT2D eigenvalue weighted by Gasteiger charge is -2.21. The fraction of sp³-hybridized carbons (Fsp3) is 0. The molecule has 0 radical (unpaired) electrons. The van der Waals surface area contributed by atoms with E-state index in [0.717, 1.165) is 22.7 Å². The molecule has 4 heteroatoms. The summed E-state index contributed by atoms with van der Waals surface area (Å²) in [5.74, 6) is 0. The van der Waals surface area contributed by atoms with Crippen molar-refractivity contribution in [1.82, 2.24) is 18.3 Å². The van der Waals surface area contributed by atoms with Crippen LogP contribution >= 0.6 is 0 Å². The summed E-state index contributed by atoms with van der Waals surface area (Å²) in [7, 11) is 0. The molecule has 136 heavy (non-hydrogen) atoms. The number of nitrogens with zero attached hydrogens (tertiary/aromatic N) is 4. The lowest BCUT2D eigenvalue weighted by atomic mass is 9.82. The zero-order valence-corrected chi connectivity index (χ0v) is 74.0. The van der Waals surface area contributed by atoms with Gasteiger partial charge in [0.05, 0.1) is 44.1 Å². The SMILES string of the molecule is c1ccc(-n2c3ccccc3c3c(-c4cccc5c(-c6cc7cccc8ccc9cccc6c9c87)c6cccc(-c7cccc8c7c7ccccc7n8-c7ccccc7)c6cc45)cccc32)cc1.c1ccc(-n2c3ccccc3c3cc(-c4cccc5c(-c6cc7cccc8ccc9cccc6c9c87)c6cccc(-c7ccc8c(c7)c7ccccc7n8-c7ccccc7)c6cc45)ccc32)cc1. The normalized spacial score (nSPS) is 12.1. The van der Waals surface area contributed by atoms with Crippen molar-refractivity contribution in [2.75, 3.05) is 0 Å². The number of hydrogen-bond acceptors (Lipinski definition) is 0. The second-order valence-corrected chi connectivity index (χ2v) is 36.7. The zero-order chi connectivity index (χ0) is 88.9. The minimum absolute atomic E-state index is 1.16. The molecule has 0 unspecified atom stereocenters. The Bertz CT molecular complexity index is 9810. The van der Waals surface area contributed by atoms with Gasteiger partial charge in [0.1, 0.15) is 0 Å². The summed E-state index contributed by atoms with van der Waals surface area (Å²) in [5, 5.41) is 35.4. The first-order valence-corrected chi connectivity index (χ1v) is 47.2. The van der Waals surface area contributed by atoms with Crippen LogP contribution in [0.2, 0.25) is 0 Å². The van der Waals surface area contributed by atoms with E-state index in [1.165, 1.54) is 262 Å². The van der Waals surface area contributed by atoms with E-state index < -0.39 is 0 Å². The number of rotatable bonds is 10. The van der Waals surface area contributed by atoms with E-state index >= 15 is 0 Å². The molecule has 0 bridgehead atoms. The van der Waals surface area contributed by atoms with E-state index in [-0.39, 0.29) is 0 Å². The molecule has 0 aliphatic carbocycles. The second-order valence-electron chi connectivity index (χ2n) is 36.7. The maximum absolute atomic E-state index is 2.52. The highest BCUT2D eigenvalue weighted by Gasteiger charge is 2.28. The van der Waals surface area contributed by atoms with Crippen molar-refractivity contribution in [2.24, 2.45) is 0 Å². The quantitative estimate of drug-likeness (QED) is 0.0961. The molecule has 0 saturated carbocycles. The highest BCUT2D eigenvalue weighted by molar-refractivity contribution is 6.34. The Hall–Kier alpha value is -18.0. The van der Waals surface area contributed by atoms with E-state index in [2.05, 4.69) is 504 Å². The second kappa shape index (κ2) is 29.8. The molecule has 30 rings (SSSR count). The third-order valence-electron chi connectivity index (χ3n) is 29.6. The van der Waals surface area contributed by atoms with Crippen LogP contribution in [0.4, 0.5) is 0 Å². The van der Waals surface area contributed by atoms with Gasteiger partial charge in [-0.15, -0.1) is 0 Å². The van der Waals surface area contributed by atoms with Crippen LogP contribution in [-0.4, -0.2) is 18.3 Å². The van der Waals surface area contributed by atoms with Crippen molar-refractivity contribution in [1.29, 1.82) is 0 Å².